The van der Waals surface area contributed by atoms with Crippen molar-refractivity contribution in [3.63, 3.8) is 0 Å². The molecule has 0 saturated heterocycles. The summed E-state index contributed by atoms with van der Waals surface area (Å²) in [5, 5.41) is 10.2. The zero-order valence-corrected chi connectivity index (χ0v) is 16.4. The summed E-state index contributed by atoms with van der Waals surface area (Å²) < 4.78 is 6.90. The van der Waals surface area contributed by atoms with E-state index >= 15 is 0 Å². The van der Waals surface area contributed by atoms with E-state index in [4.69, 9.17) is 22.1 Å². The molecule has 0 aliphatic rings. The minimum atomic E-state index is -1.32. The Morgan fingerprint density at radius 1 is 1.17 bits per heavy atom. The van der Waals surface area contributed by atoms with Crippen LogP contribution in [0.1, 0.15) is 28.8 Å². The van der Waals surface area contributed by atoms with Gasteiger partial charge < -0.3 is 15.0 Å². The monoisotopic (exact) mass is 407 g/mol. The van der Waals surface area contributed by atoms with Crippen molar-refractivity contribution in [1.29, 1.82) is 5.26 Å². The highest BCUT2D eigenvalue weighted by Crippen LogP contribution is 2.36. The Morgan fingerprint density at radius 3 is 2.38 bits per heavy atom. The number of carbonyl (C=O) groups is 2. The Bertz CT molecular complexity index is 1080. The van der Waals surface area contributed by atoms with E-state index in [0.29, 0.717) is 16.4 Å². The summed E-state index contributed by atoms with van der Waals surface area (Å²) in [4.78, 5) is 24.7. The number of halogens is 1. The summed E-state index contributed by atoms with van der Waals surface area (Å²) in [6.07, 6.45) is 1.56. The van der Waals surface area contributed by atoms with Crippen LogP contribution in [0.4, 0.5) is 0 Å². The van der Waals surface area contributed by atoms with Gasteiger partial charge in [0.1, 0.15) is 0 Å². The number of aromatic nitrogens is 1. The number of hydrogen-bond donors (Lipinski definition) is 1. The fourth-order valence-electron chi connectivity index (χ4n) is 3.15. The van der Waals surface area contributed by atoms with Gasteiger partial charge in [-0.1, -0.05) is 41.9 Å². The second-order valence-corrected chi connectivity index (χ2v) is 6.64. The fourth-order valence-corrected chi connectivity index (χ4v) is 3.28. The number of benzene rings is 2. The van der Waals surface area contributed by atoms with E-state index in [1.807, 2.05) is 36.4 Å². The van der Waals surface area contributed by atoms with Gasteiger partial charge in [-0.2, -0.15) is 5.26 Å². The van der Waals surface area contributed by atoms with Crippen molar-refractivity contribution < 1.29 is 14.3 Å². The standard InChI is InChI=1S/C22H18ClN3O3/c1-2-29-22(28)18-13-26(16-10-8-15(23)9-11-16)20(14-6-4-3-5-7-14)19(18)17(12-24)21(25)27/h3-11,13,17H,2H2,1H3,(H2,25,27). The van der Waals surface area contributed by atoms with Gasteiger partial charge in [0.05, 0.1) is 23.9 Å². The van der Waals surface area contributed by atoms with Crippen molar-refractivity contribution in [2.24, 2.45) is 5.73 Å². The number of nitriles is 1. The molecule has 0 radical (unpaired) electrons. The van der Waals surface area contributed by atoms with Crippen molar-refractivity contribution in [2.45, 2.75) is 12.8 Å². The van der Waals surface area contributed by atoms with Crippen LogP contribution in [0, 0.1) is 11.3 Å². The molecular weight excluding hydrogens is 390 g/mol. The molecule has 146 valence electrons. The smallest absolute Gasteiger partial charge is 0.340 e. The van der Waals surface area contributed by atoms with E-state index < -0.39 is 17.8 Å². The molecule has 1 amide bonds. The first-order valence-corrected chi connectivity index (χ1v) is 9.28. The van der Waals surface area contributed by atoms with Gasteiger partial charge >= 0.3 is 5.97 Å². The number of nitrogens with two attached hydrogens (primary N) is 1. The van der Waals surface area contributed by atoms with Crippen LogP contribution < -0.4 is 5.73 Å². The van der Waals surface area contributed by atoms with Gasteiger partial charge in [0, 0.05) is 22.5 Å². The summed E-state index contributed by atoms with van der Waals surface area (Å²) in [5.74, 6) is -2.80. The second kappa shape index (κ2) is 8.63. The summed E-state index contributed by atoms with van der Waals surface area (Å²) >= 11 is 6.01. The predicted molar refractivity (Wildman–Crippen MR) is 110 cm³/mol. The molecule has 29 heavy (non-hydrogen) atoms. The number of primary amides is 1. The van der Waals surface area contributed by atoms with Gasteiger partial charge in [-0.25, -0.2) is 4.79 Å². The molecular formula is C22H18ClN3O3. The van der Waals surface area contributed by atoms with Crippen LogP contribution in [-0.2, 0) is 9.53 Å². The van der Waals surface area contributed by atoms with E-state index in [-0.39, 0.29) is 17.7 Å². The SMILES string of the molecule is CCOC(=O)c1cn(-c2ccc(Cl)cc2)c(-c2ccccc2)c1C(C#N)C(N)=O. The Kier molecular flexibility index (Phi) is 6.01. The first-order chi connectivity index (χ1) is 14.0. The van der Waals surface area contributed by atoms with Crippen molar-refractivity contribution in [1.82, 2.24) is 4.57 Å². The van der Waals surface area contributed by atoms with Gasteiger partial charge in [-0.15, -0.1) is 0 Å². The lowest BCUT2D eigenvalue weighted by Crippen LogP contribution is -2.22. The minimum Gasteiger partial charge on any atom is -0.462 e. The van der Waals surface area contributed by atoms with Crippen molar-refractivity contribution in [3.8, 4) is 23.0 Å². The zero-order chi connectivity index (χ0) is 21.0. The maximum Gasteiger partial charge on any atom is 0.340 e. The molecule has 1 atom stereocenters. The van der Waals surface area contributed by atoms with Gasteiger partial charge in [0.25, 0.3) is 0 Å². The molecule has 0 bridgehead atoms. The Morgan fingerprint density at radius 2 is 1.83 bits per heavy atom. The Balaban J connectivity index is 2.39. The molecule has 0 fully saturated rings. The highest BCUT2D eigenvalue weighted by Gasteiger charge is 2.32. The number of amides is 1. The summed E-state index contributed by atoms with van der Waals surface area (Å²) in [5.41, 5.74) is 7.77. The fraction of sp³-hybridized carbons (Fsp3) is 0.136. The lowest BCUT2D eigenvalue weighted by atomic mass is 9.93. The molecule has 1 unspecified atom stereocenters. The highest BCUT2D eigenvalue weighted by molar-refractivity contribution is 6.30. The second-order valence-electron chi connectivity index (χ2n) is 6.20. The molecule has 3 aromatic rings. The van der Waals surface area contributed by atoms with Crippen LogP contribution in [0.3, 0.4) is 0 Å². The topological polar surface area (TPSA) is 98.1 Å². The summed E-state index contributed by atoms with van der Waals surface area (Å²) in [6.45, 7) is 1.83. The molecule has 2 aromatic carbocycles. The average molecular weight is 408 g/mol. The van der Waals surface area contributed by atoms with Crippen molar-refractivity contribution in [2.75, 3.05) is 6.61 Å². The molecule has 0 aliphatic heterocycles. The van der Waals surface area contributed by atoms with Crippen LogP contribution in [0.5, 0.6) is 0 Å². The third kappa shape index (κ3) is 4.00. The molecule has 3 rings (SSSR count). The molecule has 0 spiro atoms. The van der Waals surface area contributed by atoms with Crippen molar-refractivity contribution >= 4 is 23.5 Å². The van der Waals surface area contributed by atoms with E-state index in [1.165, 1.54) is 0 Å². The summed E-state index contributed by atoms with van der Waals surface area (Å²) in [6, 6.07) is 18.1. The molecule has 6 nitrogen and oxygen atoms in total. The van der Waals surface area contributed by atoms with Crippen molar-refractivity contribution in [3.05, 3.63) is 76.9 Å². The minimum absolute atomic E-state index is 0.117. The number of ether oxygens (including phenoxy) is 1. The number of nitrogens with zero attached hydrogens (tertiary/aromatic N) is 2. The molecule has 0 saturated carbocycles. The van der Waals surface area contributed by atoms with Crippen LogP contribution in [0.25, 0.3) is 16.9 Å². The number of hydrogen-bond acceptors (Lipinski definition) is 4. The Labute approximate surface area is 173 Å². The zero-order valence-electron chi connectivity index (χ0n) is 15.6. The van der Waals surface area contributed by atoms with Crippen LogP contribution >= 0.6 is 11.6 Å². The first-order valence-electron chi connectivity index (χ1n) is 8.90. The maximum absolute atomic E-state index is 12.7. The number of carbonyl (C=O) groups excluding carboxylic acids is 2. The van der Waals surface area contributed by atoms with Gasteiger partial charge in [0.15, 0.2) is 5.92 Å². The molecule has 2 N–H and O–H groups in total. The largest absolute Gasteiger partial charge is 0.462 e. The lowest BCUT2D eigenvalue weighted by Gasteiger charge is -2.14. The van der Waals surface area contributed by atoms with E-state index in [2.05, 4.69) is 0 Å². The molecule has 1 aromatic heterocycles. The summed E-state index contributed by atoms with van der Waals surface area (Å²) in [7, 11) is 0. The van der Waals surface area contributed by atoms with Gasteiger partial charge in [0.2, 0.25) is 5.91 Å². The first kappa shape index (κ1) is 20.2. The third-order valence-corrected chi connectivity index (χ3v) is 4.65. The van der Waals surface area contributed by atoms with Gasteiger partial charge in [-0.05, 0) is 36.8 Å². The maximum atomic E-state index is 12.7. The molecule has 0 aliphatic carbocycles. The normalized spacial score (nSPS) is 11.5. The van der Waals surface area contributed by atoms with Crippen LogP contribution in [0.15, 0.2) is 60.8 Å². The average Bonchev–Trinajstić information content (AvgIpc) is 3.10. The Hall–Kier alpha value is -3.56. The van der Waals surface area contributed by atoms with E-state index in [9.17, 15) is 14.9 Å². The van der Waals surface area contributed by atoms with Crippen LogP contribution in [0.2, 0.25) is 5.02 Å². The van der Waals surface area contributed by atoms with E-state index in [0.717, 1.165) is 5.56 Å². The predicted octanol–water partition coefficient (Wildman–Crippen LogP) is 4.07. The number of esters is 1. The third-order valence-electron chi connectivity index (χ3n) is 4.39. The van der Waals surface area contributed by atoms with E-state index in [1.54, 1.807) is 42.0 Å². The van der Waals surface area contributed by atoms with Gasteiger partial charge in [-0.3, -0.25) is 4.79 Å². The lowest BCUT2D eigenvalue weighted by molar-refractivity contribution is -0.118. The highest BCUT2D eigenvalue weighted by atomic mass is 35.5. The molecule has 7 heteroatoms. The molecule has 1 heterocycles. The number of rotatable bonds is 6. The van der Waals surface area contributed by atoms with Crippen LogP contribution in [-0.4, -0.2) is 23.1 Å². The quantitative estimate of drug-likeness (QED) is 0.622.